The van der Waals surface area contributed by atoms with Crippen molar-refractivity contribution in [3.05, 3.63) is 316 Å². The molecule has 0 saturated heterocycles. The summed E-state index contributed by atoms with van der Waals surface area (Å²) in [4.78, 5) is 108. The topological polar surface area (TPSA) is 287 Å². The van der Waals surface area contributed by atoms with Crippen LogP contribution in [0.2, 0.25) is 15.1 Å². The van der Waals surface area contributed by atoms with Crippen molar-refractivity contribution in [1.82, 2.24) is 50.5 Å². The summed E-state index contributed by atoms with van der Waals surface area (Å²) in [6, 6.07) is 59.6. The van der Waals surface area contributed by atoms with Gasteiger partial charge in [-0.2, -0.15) is 0 Å². The summed E-state index contributed by atoms with van der Waals surface area (Å²) in [7, 11) is 1.51. The van der Waals surface area contributed by atoms with Gasteiger partial charge in [0, 0.05) is 89.7 Å². The zero-order valence-corrected chi connectivity index (χ0v) is 53.5. The second kappa shape index (κ2) is 33.4. The van der Waals surface area contributed by atoms with Crippen LogP contribution < -0.4 is 36.6 Å². The number of hydrogen-bond donors (Lipinski definition) is 6. The van der Waals surface area contributed by atoms with Crippen LogP contribution in [-0.2, 0) is 13.1 Å². The van der Waals surface area contributed by atoms with Gasteiger partial charge >= 0.3 is 0 Å². The first-order chi connectivity index (χ1) is 47.2. The number of aromatic nitrogens is 8. The summed E-state index contributed by atoms with van der Waals surface area (Å²) in [5, 5.41) is 18.3. The Labute approximate surface area is 570 Å². The highest BCUT2D eigenvalue weighted by Gasteiger charge is 2.17. The van der Waals surface area contributed by atoms with Crippen molar-refractivity contribution in [1.29, 1.82) is 0 Å². The van der Waals surface area contributed by atoms with Crippen LogP contribution in [0.4, 0.5) is 22.7 Å². The number of carbonyl (C=O) groups is 6. The lowest BCUT2D eigenvalue weighted by molar-refractivity contribution is 0.0937. The second-order valence-corrected chi connectivity index (χ2v) is 21.8. The Bertz CT molecular complexity index is 4500. The van der Waals surface area contributed by atoms with Gasteiger partial charge in [0.2, 0.25) is 5.88 Å². The van der Waals surface area contributed by atoms with Crippen molar-refractivity contribution in [3.63, 3.8) is 0 Å². The van der Waals surface area contributed by atoms with Gasteiger partial charge in [-0.05, 0) is 151 Å². The molecular formula is C73H55Cl3N14O7. The Hall–Kier alpha value is -12.4. The number of methoxy groups -OCH3 is 1. The monoisotopic (exact) mass is 1340 g/mol. The average molecular weight is 1350 g/mol. The minimum atomic E-state index is -0.424. The molecule has 12 rings (SSSR count). The maximum atomic E-state index is 12.7. The lowest BCUT2D eigenvalue weighted by Gasteiger charge is -2.09. The maximum Gasteiger partial charge on any atom is 0.274 e. The van der Waals surface area contributed by atoms with E-state index in [-0.39, 0.29) is 46.6 Å². The van der Waals surface area contributed by atoms with Gasteiger partial charge in [-0.15, -0.1) is 0 Å². The number of carbonyl (C=O) groups excluding carboxylic acids is 6. The summed E-state index contributed by atoms with van der Waals surface area (Å²) in [5.41, 5.74) is 9.72. The van der Waals surface area contributed by atoms with Crippen LogP contribution in [0.25, 0.3) is 33.8 Å². The van der Waals surface area contributed by atoms with E-state index >= 15 is 0 Å². The highest BCUT2D eigenvalue weighted by Crippen LogP contribution is 2.32. The van der Waals surface area contributed by atoms with Crippen molar-refractivity contribution in [2.24, 2.45) is 0 Å². The van der Waals surface area contributed by atoms with E-state index in [1.807, 2.05) is 97.1 Å². The molecule has 97 heavy (non-hydrogen) atoms. The third kappa shape index (κ3) is 19.1. The van der Waals surface area contributed by atoms with E-state index in [2.05, 4.69) is 71.8 Å². The van der Waals surface area contributed by atoms with Crippen molar-refractivity contribution >= 4 is 93.0 Å². The molecule has 21 nitrogen and oxygen atoms in total. The Morgan fingerprint density at radius 2 is 0.722 bits per heavy atom. The molecule has 0 aliphatic heterocycles. The number of anilines is 4. The quantitative estimate of drug-likeness (QED) is 0.0466. The minimum absolute atomic E-state index is 0.159. The van der Waals surface area contributed by atoms with Crippen LogP contribution in [0, 0.1) is 0 Å². The molecule has 12 aromatic rings. The molecule has 0 spiro atoms. The molecule has 0 radical (unpaired) electrons. The fraction of sp³-hybridized carbons (Fsp3) is 0.0411. The highest BCUT2D eigenvalue weighted by atomic mass is 35.5. The lowest BCUT2D eigenvalue weighted by Crippen LogP contribution is -2.24. The number of rotatable bonds is 18. The van der Waals surface area contributed by atoms with Gasteiger partial charge in [-0.3, -0.25) is 63.7 Å². The number of benzene rings is 4. The zero-order valence-electron chi connectivity index (χ0n) is 51.2. The van der Waals surface area contributed by atoms with Crippen molar-refractivity contribution in [2.75, 3.05) is 28.4 Å². The van der Waals surface area contributed by atoms with Gasteiger partial charge in [-0.25, -0.2) is 4.98 Å². The Balaban J connectivity index is 0.000000158. The molecule has 0 unspecified atom stereocenters. The van der Waals surface area contributed by atoms with Crippen molar-refractivity contribution in [3.8, 4) is 39.7 Å². The first kappa shape index (κ1) is 67.5. The van der Waals surface area contributed by atoms with Gasteiger partial charge in [0.25, 0.3) is 35.4 Å². The third-order valence-corrected chi connectivity index (χ3v) is 14.9. The Morgan fingerprint density at radius 3 is 1.08 bits per heavy atom. The van der Waals surface area contributed by atoms with Crippen LogP contribution in [0.1, 0.15) is 73.8 Å². The summed E-state index contributed by atoms with van der Waals surface area (Å²) < 4.78 is 4.99. The molecule has 480 valence electrons. The molecule has 8 heterocycles. The van der Waals surface area contributed by atoms with E-state index in [4.69, 9.17) is 39.5 Å². The van der Waals surface area contributed by atoms with Gasteiger partial charge in [0.15, 0.2) is 0 Å². The molecule has 4 aromatic carbocycles. The maximum absolute atomic E-state index is 12.7. The van der Waals surface area contributed by atoms with Crippen LogP contribution in [0.3, 0.4) is 0 Å². The first-order valence-electron chi connectivity index (χ1n) is 29.5. The SMILES string of the molecule is COc1ccc(NC(=O)c2ccc(C(=O)Nc3ccc(Cl)c(-c4ccccn4)c3)cn2)cn1.O=C(Nc1ccc(Cl)c(-c2ccccn2)c1)c1ccc(C(=O)NCc2ccccc2)nc1.O=C(Nc1ccc(Cl)c(-c2ccccn2)c1)c1ccc(C(=O)NCc2ccccn2)nc1. The highest BCUT2D eigenvalue weighted by molar-refractivity contribution is 6.34. The second-order valence-electron chi connectivity index (χ2n) is 20.6. The van der Waals surface area contributed by atoms with Crippen LogP contribution in [0.15, 0.2) is 256 Å². The third-order valence-electron chi connectivity index (χ3n) is 13.9. The van der Waals surface area contributed by atoms with E-state index < -0.39 is 5.91 Å². The Morgan fingerprint density at radius 1 is 0.340 bits per heavy atom. The van der Waals surface area contributed by atoms with Crippen LogP contribution >= 0.6 is 34.8 Å². The largest absolute Gasteiger partial charge is 0.481 e. The van der Waals surface area contributed by atoms with Crippen molar-refractivity contribution in [2.45, 2.75) is 13.1 Å². The van der Waals surface area contributed by atoms with E-state index in [1.54, 1.807) is 110 Å². The molecule has 6 N–H and O–H groups in total. The molecule has 8 aromatic heterocycles. The summed E-state index contributed by atoms with van der Waals surface area (Å²) >= 11 is 18.9. The predicted molar refractivity (Wildman–Crippen MR) is 372 cm³/mol. The first-order valence-corrected chi connectivity index (χ1v) is 30.6. The van der Waals surface area contributed by atoms with E-state index in [0.29, 0.717) is 107 Å². The molecule has 24 heteroatoms. The Kier molecular flexibility index (Phi) is 23.2. The molecule has 0 aliphatic carbocycles. The minimum Gasteiger partial charge on any atom is -0.481 e. The molecule has 6 amide bonds. The molecule has 0 aliphatic rings. The molecule has 0 atom stereocenters. The van der Waals surface area contributed by atoms with E-state index in [0.717, 1.165) is 11.3 Å². The molecule has 0 saturated carbocycles. The number of ether oxygens (including phenoxy) is 1. The number of hydrogen-bond acceptors (Lipinski definition) is 15. The standard InChI is InChI=1S/C25H19ClN4O2.C24H18ClN5O3.C24H18ClN5O2/c26-21-11-10-19(14-20(21)22-8-4-5-13-27-22)30-24(31)18-9-12-23(28-16-18)25(32)29-15-17-6-2-1-3-7-17;1-33-22-10-7-17(14-28-22)30-24(32)21-9-5-15(13-27-21)23(31)29-16-6-8-19(25)18(12-16)20-4-2-3-11-26-20;25-20-9-8-17(13-19(20)21-6-2-4-12-27-21)30-23(31)16-7-10-22(28-14-16)24(32)29-15-18-5-1-3-11-26-18/h1-14,16H,15H2,(H,29,32)(H,30,31);2-14H,1H3,(H,29,31)(H,30,32);1-14H,15H2,(H,29,32)(H,30,31). The average Bonchev–Trinajstić information content (AvgIpc) is 0.934. The van der Waals surface area contributed by atoms with Crippen molar-refractivity contribution < 1.29 is 33.5 Å². The van der Waals surface area contributed by atoms with Gasteiger partial charge < -0.3 is 36.6 Å². The smallest absolute Gasteiger partial charge is 0.274 e. The fourth-order valence-corrected chi connectivity index (χ4v) is 9.61. The zero-order chi connectivity index (χ0) is 67.9. The summed E-state index contributed by atoms with van der Waals surface area (Å²) in [6.07, 6.45) is 12.2. The molecule has 0 fully saturated rings. The van der Waals surface area contributed by atoms with E-state index in [9.17, 15) is 28.8 Å². The van der Waals surface area contributed by atoms with Crippen LogP contribution in [0.5, 0.6) is 5.88 Å². The van der Waals surface area contributed by atoms with E-state index in [1.165, 1.54) is 56.2 Å². The normalized spacial score (nSPS) is 10.4. The van der Waals surface area contributed by atoms with Gasteiger partial charge in [0.05, 0.1) is 80.1 Å². The molecular weight excluding hydrogens is 1290 g/mol. The predicted octanol–water partition coefficient (Wildman–Crippen LogP) is 14.1. The fourth-order valence-electron chi connectivity index (χ4n) is 8.96. The number of nitrogens with one attached hydrogen (secondary N) is 6. The number of amides is 6. The summed E-state index contributed by atoms with van der Waals surface area (Å²) in [5.74, 6) is -1.71. The van der Waals surface area contributed by atoms with Gasteiger partial charge in [0.1, 0.15) is 17.1 Å². The van der Waals surface area contributed by atoms with Crippen LogP contribution in [-0.4, -0.2) is 82.4 Å². The molecule has 0 bridgehead atoms. The number of pyridine rings is 8. The number of nitrogens with zero attached hydrogens (tertiary/aromatic N) is 8. The van der Waals surface area contributed by atoms with Gasteiger partial charge in [-0.1, -0.05) is 89.4 Å². The number of halogens is 3. The lowest BCUT2D eigenvalue weighted by atomic mass is 10.1. The summed E-state index contributed by atoms with van der Waals surface area (Å²) in [6.45, 7) is 0.692.